The van der Waals surface area contributed by atoms with Gasteiger partial charge in [-0.15, -0.1) is 0 Å². The fraction of sp³-hybridized carbons (Fsp3) is 0.571. The van der Waals surface area contributed by atoms with E-state index in [0.29, 0.717) is 32.2 Å². The standard InChI is InChI=1S/C14H19N5O3/c15-13-16-4-1-11(17-13)10-2-5-18(6-3-10)12(20)9-19-7-8-22-14(19)21/h1,4,10H,2-3,5-9H2,(H2,15,16,17). The maximum atomic E-state index is 12.2. The summed E-state index contributed by atoms with van der Waals surface area (Å²) < 4.78 is 4.83. The van der Waals surface area contributed by atoms with Crippen molar-refractivity contribution in [3.8, 4) is 0 Å². The van der Waals surface area contributed by atoms with Crippen LogP contribution in [0.1, 0.15) is 24.5 Å². The molecule has 0 unspecified atom stereocenters. The summed E-state index contributed by atoms with van der Waals surface area (Å²) >= 11 is 0. The van der Waals surface area contributed by atoms with Crippen molar-refractivity contribution in [3.63, 3.8) is 0 Å². The molecule has 2 fully saturated rings. The van der Waals surface area contributed by atoms with E-state index in [1.807, 2.05) is 6.07 Å². The Morgan fingerprint density at radius 1 is 1.36 bits per heavy atom. The van der Waals surface area contributed by atoms with E-state index in [2.05, 4.69) is 9.97 Å². The van der Waals surface area contributed by atoms with Gasteiger partial charge in [0.2, 0.25) is 11.9 Å². The molecule has 0 atom stereocenters. The molecule has 22 heavy (non-hydrogen) atoms. The van der Waals surface area contributed by atoms with Crippen LogP contribution in [-0.2, 0) is 9.53 Å². The number of hydrogen-bond donors (Lipinski definition) is 1. The molecule has 0 aromatic carbocycles. The van der Waals surface area contributed by atoms with Gasteiger partial charge in [0.1, 0.15) is 13.2 Å². The van der Waals surface area contributed by atoms with Gasteiger partial charge in [-0.05, 0) is 18.9 Å². The molecule has 1 aromatic rings. The van der Waals surface area contributed by atoms with E-state index in [-0.39, 0.29) is 18.4 Å². The number of cyclic esters (lactones) is 1. The molecule has 3 heterocycles. The first-order chi connectivity index (χ1) is 10.6. The average molecular weight is 305 g/mol. The number of carbonyl (C=O) groups excluding carboxylic acids is 2. The maximum absolute atomic E-state index is 12.2. The predicted octanol–water partition coefficient (Wildman–Crippen LogP) is 0.217. The molecule has 0 bridgehead atoms. The van der Waals surface area contributed by atoms with E-state index < -0.39 is 6.09 Å². The monoisotopic (exact) mass is 305 g/mol. The molecule has 0 aliphatic carbocycles. The van der Waals surface area contributed by atoms with Gasteiger partial charge in [0.15, 0.2) is 0 Å². The molecule has 0 spiro atoms. The lowest BCUT2D eigenvalue weighted by atomic mass is 9.93. The highest BCUT2D eigenvalue weighted by atomic mass is 16.6. The molecular formula is C14H19N5O3. The van der Waals surface area contributed by atoms with Gasteiger partial charge in [0.05, 0.1) is 6.54 Å². The topological polar surface area (TPSA) is 102 Å². The Hall–Kier alpha value is -2.38. The van der Waals surface area contributed by atoms with Crippen LogP contribution in [0.3, 0.4) is 0 Å². The van der Waals surface area contributed by atoms with Crippen molar-refractivity contribution in [3.05, 3.63) is 18.0 Å². The second-order valence-electron chi connectivity index (χ2n) is 5.53. The fourth-order valence-corrected chi connectivity index (χ4v) is 2.87. The van der Waals surface area contributed by atoms with E-state index in [1.54, 1.807) is 11.1 Å². The van der Waals surface area contributed by atoms with Gasteiger partial charge in [-0.25, -0.2) is 14.8 Å². The fourth-order valence-electron chi connectivity index (χ4n) is 2.87. The van der Waals surface area contributed by atoms with Crippen LogP contribution in [0.15, 0.2) is 12.3 Å². The second kappa shape index (κ2) is 6.17. The third-order valence-corrected chi connectivity index (χ3v) is 4.13. The Balaban J connectivity index is 1.53. The zero-order valence-electron chi connectivity index (χ0n) is 12.3. The normalized spacial score (nSPS) is 19.4. The lowest BCUT2D eigenvalue weighted by Gasteiger charge is -2.32. The summed E-state index contributed by atoms with van der Waals surface area (Å²) in [4.78, 5) is 35.0. The highest BCUT2D eigenvalue weighted by Crippen LogP contribution is 2.26. The molecule has 118 valence electrons. The number of piperidine rings is 1. The molecule has 0 saturated carbocycles. The van der Waals surface area contributed by atoms with Gasteiger partial charge >= 0.3 is 6.09 Å². The van der Waals surface area contributed by atoms with Crippen LogP contribution in [0.4, 0.5) is 10.7 Å². The average Bonchev–Trinajstić information content (AvgIpc) is 2.92. The SMILES string of the molecule is Nc1nccc(C2CCN(C(=O)CN3CCOC3=O)CC2)n1. The summed E-state index contributed by atoms with van der Waals surface area (Å²) in [5.41, 5.74) is 6.54. The number of nitrogen functional groups attached to an aromatic ring is 1. The summed E-state index contributed by atoms with van der Waals surface area (Å²) in [7, 11) is 0. The van der Waals surface area contributed by atoms with Crippen molar-refractivity contribution in [1.29, 1.82) is 0 Å². The van der Waals surface area contributed by atoms with E-state index >= 15 is 0 Å². The lowest BCUT2D eigenvalue weighted by molar-refractivity contribution is -0.132. The summed E-state index contributed by atoms with van der Waals surface area (Å²) in [6, 6.07) is 1.87. The summed E-state index contributed by atoms with van der Waals surface area (Å²) in [5, 5.41) is 0. The molecule has 8 nitrogen and oxygen atoms in total. The van der Waals surface area contributed by atoms with Crippen LogP contribution in [0.5, 0.6) is 0 Å². The summed E-state index contributed by atoms with van der Waals surface area (Å²) in [6.45, 7) is 2.28. The number of amides is 2. The third kappa shape index (κ3) is 3.10. The largest absolute Gasteiger partial charge is 0.448 e. The number of aromatic nitrogens is 2. The Kier molecular flexibility index (Phi) is 4.08. The molecule has 2 aliphatic rings. The molecular weight excluding hydrogens is 286 g/mol. The Bertz CT molecular complexity index is 571. The molecule has 2 N–H and O–H groups in total. The Labute approximate surface area is 128 Å². The zero-order valence-corrected chi connectivity index (χ0v) is 12.3. The summed E-state index contributed by atoms with van der Waals surface area (Å²) in [6.07, 6.45) is 2.94. The first kappa shape index (κ1) is 14.6. The predicted molar refractivity (Wildman–Crippen MR) is 77.9 cm³/mol. The number of hydrogen-bond acceptors (Lipinski definition) is 6. The number of carbonyl (C=O) groups is 2. The van der Waals surface area contributed by atoms with Crippen molar-refractivity contribution >= 4 is 17.9 Å². The molecule has 8 heteroatoms. The van der Waals surface area contributed by atoms with Crippen molar-refractivity contribution in [2.45, 2.75) is 18.8 Å². The van der Waals surface area contributed by atoms with Crippen LogP contribution >= 0.6 is 0 Å². The van der Waals surface area contributed by atoms with Crippen LogP contribution in [-0.4, -0.2) is 64.6 Å². The molecule has 1 aromatic heterocycles. The summed E-state index contributed by atoms with van der Waals surface area (Å²) in [5.74, 6) is 0.550. The quantitative estimate of drug-likeness (QED) is 0.857. The highest BCUT2D eigenvalue weighted by Gasteiger charge is 2.29. The highest BCUT2D eigenvalue weighted by molar-refractivity contribution is 5.83. The van der Waals surface area contributed by atoms with E-state index in [1.165, 1.54) is 4.90 Å². The molecule has 2 saturated heterocycles. The molecule has 2 aliphatic heterocycles. The van der Waals surface area contributed by atoms with E-state index in [9.17, 15) is 9.59 Å². The van der Waals surface area contributed by atoms with Gasteiger partial charge in [0.25, 0.3) is 0 Å². The maximum Gasteiger partial charge on any atom is 0.410 e. The second-order valence-corrected chi connectivity index (χ2v) is 5.53. The van der Waals surface area contributed by atoms with Crippen LogP contribution in [0.25, 0.3) is 0 Å². The smallest absolute Gasteiger partial charge is 0.410 e. The van der Waals surface area contributed by atoms with E-state index in [0.717, 1.165) is 18.5 Å². The van der Waals surface area contributed by atoms with Crippen molar-refractivity contribution in [2.24, 2.45) is 0 Å². The van der Waals surface area contributed by atoms with Crippen molar-refractivity contribution < 1.29 is 14.3 Å². The van der Waals surface area contributed by atoms with Gasteiger partial charge in [0, 0.05) is 30.9 Å². The number of anilines is 1. The number of likely N-dealkylation sites (tertiary alicyclic amines) is 1. The van der Waals surface area contributed by atoms with E-state index in [4.69, 9.17) is 10.5 Å². The number of nitrogens with zero attached hydrogens (tertiary/aromatic N) is 4. The molecule has 3 rings (SSSR count). The number of rotatable bonds is 3. The van der Waals surface area contributed by atoms with Gasteiger partial charge in [-0.1, -0.05) is 0 Å². The molecule has 2 amide bonds. The zero-order chi connectivity index (χ0) is 15.5. The Morgan fingerprint density at radius 2 is 2.14 bits per heavy atom. The number of ether oxygens (including phenoxy) is 1. The first-order valence-electron chi connectivity index (χ1n) is 7.41. The van der Waals surface area contributed by atoms with Gasteiger partial charge in [-0.3, -0.25) is 9.69 Å². The minimum atomic E-state index is -0.403. The molecule has 0 radical (unpaired) electrons. The first-order valence-corrected chi connectivity index (χ1v) is 7.41. The van der Waals surface area contributed by atoms with Crippen LogP contribution < -0.4 is 5.73 Å². The minimum Gasteiger partial charge on any atom is -0.448 e. The van der Waals surface area contributed by atoms with Crippen LogP contribution in [0.2, 0.25) is 0 Å². The van der Waals surface area contributed by atoms with Gasteiger partial charge in [-0.2, -0.15) is 0 Å². The Morgan fingerprint density at radius 3 is 2.77 bits per heavy atom. The van der Waals surface area contributed by atoms with Crippen LogP contribution in [0, 0.1) is 0 Å². The number of nitrogens with two attached hydrogens (primary N) is 1. The minimum absolute atomic E-state index is 0.0282. The van der Waals surface area contributed by atoms with Crippen molar-refractivity contribution in [2.75, 3.05) is 38.5 Å². The lowest BCUT2D eigenvalue weighted by Crippen LogP contribution is -2.44. The third-order valence-electron chi connectivity index (χ3n) is 4.13. The van der Waals surface area contributed by atoms with Crippen molar-refractivity contribution in [1.82, 2.24) is 19.8 Å². The van der Waals surface area contributed by atoms with Gasteiger partial charge < -0.3 is 15.4 Å².